The third kappa shape index (κ3) is 5.86. The number of nitrogens with one attached hydrogen (secondary N) is 1. The second-order valence-electron chi connectivity index (χ2n) is 9.46. The standard InChI is InChI=1S/C26H34N4O3S3/c1-6-10-30-23(17-12-19(15(3)4)34-13-17)28-29-26(30)35-14-21(31)27-24-22(25(32)33-7-2)18-9-8-16(5)11-20(18)36-24/h12-13,15-16H,6-11,14H2,1-5H3,(H,27,31). The average molecular weight is 547 g/mol. The van der Waals surface area contributed by atoms with Gasteiger partial charge in [0.25, 0.3) is 0 Å². The zero-order valence-electron chi connectivity index (χ0n) is 21.6. The zero-order valence-corrected chi connectivity index (χ0v) is 24.0. The number of anilines is 1. The zero-order chi connectivity index (χ0) is 25.8. The van der Waals surface area contributed by atoms with E-state index >= 15 is 0 Å². The summed E-state index contributed by atoms with van der Waals surface area (Å²) in [6.45, 7) is 11.6. The number of aromatic nitrogens is 3. The van der Waals surface area contributed by atoms with Crippen LogP contribution in [0.25, 0.3) is 11.4 Å². The van der Waals surface area contributed by atoms with Gasteiger partial charge in [-0.15, -0.1) is 32.9 Å². The monoisotopic (exact) mass is 546 g/mol. The van der Waals surface area contributed by atoms with Gasteiger partial charge in [-0.3, -0.25) is 4.79 Å². The molecule has 3 heterocycles. The predicted octanol–water partition coefficient (Wildman–Crippen LogP) is 6.63. The molecule has 0 spiro atoms. The van der Waals surface area contributed by atoms with Gasteiger partial charge in [-0.2, -0.15) is 0 Å². The molecule has 0 aromatic carbocycles. The number of esters is 1. The molecule has 0 saturated heterocycles. The number of hydrogen-bond donors (Lipinski definition) is 1. The first-order chi connectivity index (χ1) is 17.3. The molecule has 1 unspecified atom stereocenters. The van der Waals surface area contributed by atoms with Crippen LogP contribution >= 0.6 is 34.4 Å². The first-order valence-corrected chi connectivity index (χ1v) is 15.3. The summed E-state index contributed by atoms with van der Waals surface area (Å²) in [5.74, 6) is 1.55. The summed E-state index contributed by atoms with van der Waals surface area (Å²) in [6, 6.07) is 2.18. The minimum absolute atomic E-state index is 0.164. The van der Waals surface area contributed by atoms with Crippen LogP contribution in [0.3, 0.4) is 0 Å². The van der Waals surface area contributed by atoms with E-state index in [2.05, 4.69) is 59.2 Å². The maximum Gasteiger partial charge on any atom is 0.341 e. The molecule has 3 aromatic heterocycles. The van der Waals surface area contributed by atoms with Gasteiger partial charge in [0, 0.05) is 27.2 Å². The van der Waals surface area contributed by atoms with E-state index in [1.54, 1.807) is 18.3 Å². The molecule has 0 fully saturated rings. The van der Waals surface area contributed by atoms with Crippen LogP contribution in [0.15, 0.2) is 16.6 Å². The number of hydrogen-bond acceptors (Lipinski definition) is 8. The van der Waals surface area contributed by atoms with Crippen molar-refractivity contribution in [2.24, 2.45) is 5.92 Å². The van der Waals surface area contributed by atoms with Crippen molar-refractivity contribution in [3.8, 4) is 11.4 Å². The molecule has 36 heavy (non-hydrogen) atoms. The lowest BCUT2D eigenvalue weighted by molar-refractivity contribution is -0.113. The van der Waals surface area contributed by atoms with Crippen molar-refractivity contribution in [2.75, 3.05) is 17.7 Å². The lowest BCUT2D eigenvalue weighted by atomic mass is 9.88. The molecule has 1 N–H and O–H groups in total. The maximum absolute atomic E-state index is 13.0. The summed E-state index contributed by atoms with van der Waals surface area (Å²) in [5, 5.41) is 15.3. The third-order valence-electron chi connectivity index (χ3n) is 6.19. The number of carbonyl (C=O) groups excluding carboxylic acids is 2. The molecule has 1 aliphatic carbocycles. The highest BCUT2D eigenvalue weighted by Crippen LogP contribution is 2.40. The first kappa shape index (κ1) is 26.9. The minimum Gasteiger partial charge on any atom is -0.462 e. The number of fused-ring (bicyclic) bond motifs is 1. The van der Waals surface area contributed by atoms with Crippen molar-refractivity contribution in [1.29, 1.82) is 0 Å². The minimum atomic E-state index is -0.351. The van der Waals surface area contributed by atoms with Crippen LogP contribution in [0, 0.1) is 5.92 Å². The van der Waals surface area contributed by atoms with Gasteiger partial charge in [0.15, 0.2) is 11.0 Å². The van der Waals surface area contributed by atoms with Gasteiger partial charge < -0.3 is 14.6 Å². The van der Waals surface area contributed by atoms with Crippen LogP contribution in [0.5, 0.6) is 0 Å². The molecule has 0 aliphatic heterocycles. The highest BCUT2D eigenvalue weighted by Gasteiger charge is 2.29. The Hall–Kier alpha value is -2.17. The largest absolute Gasteiger partial charge is 0.462 e. The highest BCUT2D eigenvalue weighted by atomic mass is 32.2. The molecule has 0 saturated carbocycles. The second kappa shape index (κ2) is 11.9. The van der Waals surface area contributed by atoms with Gasteiger partial charge in [0.1, 0.15) is 5.00 Å². The summed E-state index contributed by atoms with van der Waals surface area (Å²) < 4.78 is 7.42. The van der Waals surface area contributed by atoms with Crippen LogP contribution in [0.1, 0.15) is 79.1 Å². The Balaban J connectivity index is 1.50. The fraction of sp³-hybridized carbons (Fsp3) is 0.538. The molecular weight excluding hydrogens is 513 g/mol. The molecule has 10 heteroatoms. The smallest absolute Gasteiger partial charge is 0.341 e. The molecule has 4 rings (SSSR count). The van der Waals surface area contributed by atoms with E-state index in [4.69, 9.17) is 4.74 Å². The summed E-state index contributed by atoms with van der Waals surface area (Å²) in [6.07, 6.45) is 3.75. The van der Waals surface area contributed by atoms with Crippen LogP contribution in [0.4, 0.5) is 5.00 Å². The van der Waals surface area contributed by atoms with Gasteiger partial charge in [-0.1, -0.05) is 39.5 Å². The predicted molar refractivity (Wildman–Crippen MR) is 149 cm³/mol. The van der Waals surface area contributed by atoms with Crippen molar-refractivity contribution in [2.45, 2.75) is 77.9 Å². The molecule has 0 bridgehead atoms. The Kier molecular flexibility index (Phi) is 8.90. The van der Waals surface area contributed by atoms with Gasteiger partial charge in [0.05, 0.1) is 17.9 Å². The van der Waals surface area contributed by atoms with E-state index < -0.39 is 0 Å². The maximum atomic E-state index is 13.0. The van der Waals surface area contributed by atoms with Crippen molar-refractivity contribution >= 4 is 51.3 Å². The molecule has 1 amide bonds. The Morgan fingerprint density at radius 3 is 2.81 bits per heavy atom. The highest BCUT2D eigenvalue weighted by molar-refractivity contribution is 7.99. The van der Waals surface area contributed by atoms with E-state index in [9.17, 15) is 9.59 Å². The first-order valence-electron chi connectivity index (χ1n) is 12.6. The summed E-state index contributed by atoms with van der Waals surface area (Å²) >= 11 is 4.62. The fourth-order valence-corrected chi connectivity index (χ4v) is 7.44. The number of nitrogens with zero attached hydrogens (tertiary/aromatic N) is 3. The number of thioether (sulfide) groups is 1. The van der Waals surface area contributed by atoms with Crippen molar-refractivity contribution < 1.29 is 14.3 Å². The van der Waals surface area contributed by atoms with Gasteiger partial charge in [-0.05, 0) is 56.1 Å². The second-order valence-corrected chi connectivity index (χ2v) is 12.5. The molecule has 3 aromatic rings. The van der Waals surface area contributed by atoms with Gasteiger partial charge in [0.2, 0.25) is 5.91 Å². The number of amides is 1. The topological polar surface area (TPSA) is 86.1 Å². The van der Waals surface area contributed by atoms with Crippen LogP contribution in [-0.2, 0) is 28.9 Å². The van der Waals surface area contributed by atoms with Crippen LogP contribution in [-0.4, -0.2) is 39.0 Å². The fourth-order valence-electron chi connectivity index (χ4n) is 4.36. The van der Waals surface area contributed by atoms with Crippen molar-refractivity contribution in [1.82, 2.24) is 14.8 Å². The summed E-state index contributed by atoms with van der Waals surface area (Å²) in [5.41, 5.74) is 2.65. The van der Waals surface area contributed by atoms with E-state index in [1.165, 1.54) is 32.9 Å². The molecule has 1 atom stereocenters. The number of carbonyl (C=O) groups is 2. The lowest BCUT2D eigenvalue weighted by Gasteiger charge is -2.18. The van der Waals surface area contributed by atoms with E-state index in [1.807, 2.05) is 0 Å². The quantitative estimate of drug-likeness (QED) is 0.227. The number of ether oxygens (including phenoxy) is 1. The molecule has 0 radical (unpaired) electrons. The van der Waals surface area contributed by atoms with Crippen molar-refractivity contribution in [3.05, 3.63) is 32.3 Å². The molecule has 194 valence electrons. The Bertz CT molecular complexity index is 1230. The Labute approximate surface area is 225 Å². The van der Waals surface area contributed by atoms with Gasteiger partial charge in [-0.25, -0.2) is 4.79 Å². The molecule has 1 aliphatic rings. The van der Waals surface area contributed by atoms with E-state index in [0.29, 0.717) is 29.0 Å². The summed E-state index contributed by atoms with van der Waals surface area (Å²) in [7, 11) is 0. The normalized spacial score (nSPS) is 15.2. The third-order valence-corrected chi connectivity index (χ3v) is 9.56. The van der Waals surface area contributed by atoms with Crippen LogP contribution in [0.2, 0.25) is 0 Å². The van der Waals surface area contributed by atoms with Gasteiger partial charge >= 0.3 is 5.97 Å². The Morgan fingerprint density at radius 1 is 1.31 bits per heavy atom. The summed E-state index contributed by atoms with van der Waals surface area (Å²) in [4.78, 5) is 28.2. The molecule has 7 nitrogen and oxygen atoms in total. The van der Waals surface area contributed by atoms with E-state index in [-0.39, 0.29) is 17.6 Å². The number of rotatable bonds is 10. The molecular formula is C26H34N4O3S3. The lowest BCUT2D eigenvalue weighted by Crippen LogP contribution is -2.18. The van der Waals surface area contributed by atoms with E-state index in [0.717, 1.165) is 54.3 Å². The van der Waals surface area contributed by atoms with Crippen LogP contribution < -0.4 is 5.32 Å². The Morgan fingerprint density at radius 2 is 2.11 bits per heavy atom. The SMILES string of the molecule is CCCn1c(SCC(=O)Nc2sc3c(c2C(=O)OCC)CCC(C)C3)nnc1-c1csc(C(C)C)c1. The average Bonchev–Trinajstić information content (AvgIpc) is 3.54. The number of thiophene rings is 2. The van der Waals surface area contributed by atoms with Crippen molar-refractivity contribution in [3.63, 3.8) is 0 Å².